The van der Waals surface area contributed by atoms with Crippen LogP contribution in [0, 0.1) is 0 Å². The fraction of sp³-hybridized carbons (Fsp3) is 0.462. The highest BCUT2D eigenvalue weighted by molar-refractivity contribution is 5.70. The summed E-state index contributed by atoms with van der Waals surface area (Å²) in [4.78, 5) is 11.2. The summed E-state index contributed by atoms with van der Waals surface area (Å²) in [6.45, 7) is 1.58. The van der Waals surface area contributed by atoms with Gasteiger partial charge in [-0.05, 0) is 25.1 Å². The number of alkyl halides is 3. The second-order valence-corrected chi connectivity index (χ2v) is 4.29. The van der Waals surface area contributed by atoms with Gasteiger partial charge in [0.15, 0.2) is 0 Å². The highest BCUT2D eigenvalue weighted by Gasteiger charge is 2.34. The molecule has 1 aromatic carbocycles. The quantitative estimate of drug-likeness (QED) is 0.689. The smallest absolute Gasteiger partial charge is 0.508 e. The minimum Gasteiger partial charge on any atom is -0.508 e. The average Bonchev–Trinajstić information content (AvgIpc) is 2.38. The van der Waals surface area contributed by atoms with Gasteiger partial charge in [-0.3, -0.25) is 4.79 Å². The predicted octanol–water partition coefficient (Wildman–Crippen LogP) is 1.64. The Morgan fingerprint density at radius 2 is 1.95 bits per heavy atom. The number of carbonyl (C=O) groups excluding carboxylic acids is 1. The Labute approximate surface area is 123 Å². The van der Waals surface area contributed by atoms with Crippen molar-refractivity contribution >= 4 is 5.97 Å². The molecule has 3 N–H and O–H groups in total. The zero-order valence-corrected chi connectivity index (χ0v) is 11.5. The molecule has 124 valence electrons. The van der Waals surface area contributed by atoms with Gasteiger partial charge in [0.1, 0.15) is 17.6 Å². The van der Waals surface area contributed by atoms with Crippen molar-refractivity contribution in [2.45, 2.75) is 31.9 Å². The van der Waals surface area contributed by atoms with Gasteiger partial charge < -0.3 is 24.8 Å². The highest BCUT2D eigenvalue weighted by Crippen LogP contribution is 2.34. The van der Waals surface area contributed by atoms with Crippen molar-refractivity contribution in [2.75, 3.05) is 6.61 Å². The van der Waals surface area contributed by atoms with Crippen LogP contribution in [0.25, 0.3) is 0 Å². The van der Waals surface area contributed by atoms with Crippen LogP contribution in [0.2, 0.25) is 0 Å². The number of ether oxygens (including phenoxy) is 2. The normalized spacial score (nSPS) is 14.3. The van der Waals surface area contributed by atoms with E-state index < -0.39 is 48.0 Å². The molecule has 0 saturated carbocycles. The van der Waals surface area contributed by atoms with Gasteiger partial charge in [-0.25, -0.2) is 0 Å². The van der Waals surface area contributed by atoms with E-state index in [1.54, 1.807) is 0 Å². The Kier molecular flexibility index (Phi) is 6.01. The number of aliphatic hydroxyl groups is 2. The van der Waals surface area contributed by atoms with Crippen LogP contribution in [-0.4, -0.2) is 40.4 Å². The maximum atomic E-state index is 12.3. The lowest BCUT2D eigenvalue weighted by atomic mass is 10.0. The van der Waals surface area contributed by atoms with E-state index in [1.807, 2.05) is 0 Å². The van der Waals surface area contributed by atoms with Gasteiger partial charge in [0.05, 0.1) is 19.1 Å². The minimum atomic E-state index is -5.02. The zero-order chi connectivity index (χ0) is 16.9. The molecule has 0 aliphatic rings. The van der Waals surface area contributed by atoms with Crippen molar-refractivity contribution in [3.63, 3.8) is 0 Å². The Hall–Kier alpha value is -2.00. The van der Waals surface area contributed by atoms with E-state index in [4.69, 9.17) is 0 Å². The number of hydrogen-bond acceptors (Lipinski definition) is 6. The monoisotopic (exact) mass is 324 g/mol. The summed E-state index contributed by atoms with van der Waals surface area (Å²) in [7, 11) is 0. The zero-order valence-electron chi connectivity index (χ0n) is 11.5. The van der Waals surface area contributed by atoms with Crippen LogP contribution < -0.4 is 4.74 Å². The molecule has 1 rings (SSSR count). The highest BCUT2D eigenvalue weighted by atomic mass is 19.4. The standard InChI is InChI=1S/C13H15F3O6/c1-2-21-11(19)6-9(18)12(20)8-5-7(17)3-4-10(8)22-13(14,15)16/h3-5,9,12,17-18,20H,2,6H2,1H3. The maximum absolute atomic E-state index is 12.3. The number of phenolic OH excluding ortho intramolecular Hbond substituents is 1. The summed E-state index contributed by atoms with van der Waals surface area (Å²) < 4.78 is 45.2. The van der Waals surface area contributed by atoms with Gasteiger partial charge in [0.25, 0.3) is 0 Å². The molecule has 0 saturated heterocycles. The molecule has 2 unspecified atom stereocenters. The van der Waals surface area contributed by atoms with E-state index in [-0.39, 0.29) is 6.61 Å². The SMILES string of the molecule is CCOC(=O)CC(O)C(O)c1cc(O)ccc1OC(F)(F)F. The molecule has 0 fully saturated rings. The number of halogens is 3. The predicted molar refractivity (Wildman–Crippen MR) is 67.0 cm³/mol. The lowest BCUT2D eigenvalue weighted by Gasteiger charge is -2.21. The van der Waals surface area contributed by atoms with E-state index in [0.717, 1.165) is 18.2 Å². The molecule has 0 radical (unpaired) electrons. The Bertz CT molecular complexity index is 517. The van der Waals surface area contributed by atoms with Crippen LogP contribution in [0.3, 0.4) is 0 Å². The molecule has 0 aliphatic carbocycles. The molecule has 0 aliphatic heterocycles. The average molecular weight is 324 g/mol. The van der Waals surface area contributed by atoms with Crippen LogP contribution in [0.15, 0.2) is 18.2 Å². The van der Waals surface area contributed by atoms with Crippen molar-refractivity contribution in [1.29, 1.82) is 0 Å². The lowest BCUT2D eigenvalue weighted by Crippen LogP contribution is -2.25. The van der Waals surface area contributed by atoms with Gasteiger partial charge in [-0.1, -0.05) is 0 Å². The number of carbonyl (C=O) groups is 1. The molecular formula is C13H15F3O6. The van der Waals surface area contributed by atoms with Crippen LogP contribution >= 0.6 is 0 Å². The number of hydrogen-bond donors (Lipinski definition) is 3. The molecule has 0 bridgehead atoms. The number of esters is 1. The van der Waals surface area contributed by atoms with Crippen LogP contribution in [0.4, 0.5) is 13.2 Å². The van der Waals surface area contributed by atoms with Crippen molar-refractivity contribution in [3.8, 4) is 11.5 Å². The first-order chi connectivity index (χ1) is 10.1. The minimum absolute atomic E-state index is 0.0518. The van der Waals surface area contributed by atoms with E-state index >= 15 is 0 Å². The topological polar surface area (TPSA) is 96.2 Å². The third-order valence-corrected chi connectivity index (χ3v) is 2.58. The third kappa shape index (κ3) is 5.41. The Balaban J connectivity index is 2.97. The summed E-state index contributed by atoms with van der Waals surface area (Å²) in [5.74, 6) is -2.06. The first kappa shape index (κ1) is 18.1. The third-order valence-electron chi connectivity index (χ3n) is 2.58. The van der Waals surface area contributed by atoms with Gasteiger partial charge in [0.2, 0.25) is 0 Å². The molecule has 0 heterocycles. The van der Waals surface area contributed by atoms with Crippen LogP contribution in [0.5, 0.6) is 11.5 Å². The molecule has 22 heavy (non-hydrogen) atoms. The first-order valence-electron chi connectivity index (χ1n) is 6.24. The van der Waals surface area contributed by atoms with Gasteiger partial charge in [-0.2, -0.15) is 0 Å². The summed E-state index contributed by atoms with van der Waals surface area (Å²) in [5.41, 5.74) is -0.505. The molecule has 6 nitrogen and oxygen atoms in total. The largest absolute Gasteiger partial charge is 0.573 e. The number of aliphatic hydroxyl groups excluding tert-OH is 2. The molecule has 9 heteroatoms. The second-order valence-electron chi connectivity index (χ2n) is 4.29. The van der Waals surface area contributed by atoms with Crippen molar-refractivity contribution < 1.29 is 42.8 Å². The fourth-order valence-corrected chi connectivity index (χ4v) is 1.69. The van der Waals surface area contributed by atoms with E-state index in [0.29, 0.717) is 0 Å². The summed E-state index contributed by atoms with van der Waals surface area (Å²) in [5, 5.41) is 28.9. The van der Waals surface area contributed by atoms with Crippen molar-refractivity contribution in [3.05, 3.63) is 23.8 Å². The molecule has 1 aromatic rings. The Morgan fingerprint density at radius 3 is 2.50 bits per heavy atom. The molecule has 0 spiro atoms. The lowest BCUT2D eigenvalue weighted by molar-refractivity contribution is -0.275. The number of phenols is 1. The van der Waals surface area contributed by atoms with Crippen LogP contribution in [0.1, 0.15) is 25.0 Å². The summed E-state index contributed by atoms with van der Waals surface area (Å²) in [6.07, 6.45) is -9.25. The molecule has 0 aromatic heterocycles. The fourth-order valence-electron chi connectivity index (χ4n) is 1.69. The Morgan fingerprint density at radius 1 is 1.32 bits per heavy atom. The van der Waals surface area contributed by atoms with E-state index in [2.05, 4.69) is 9.47 Å². The van der Waals surface area contributed by atoms with Crippen molar-refractivity contribution in [1.82, 2.24) is 0 Å². The van der Waals surface area contributed by atoms with E-state index in [1.165, 1.54) is 6.92 Å². The van der Waals surface area contributed by atoms with Crippen molar-refractivity contribution in [2.24, 2.45) is 0 Å². The summed E-state index contributed by atoms with van der Waals surface area (Å²) >= 11 is 0. The first-order valence-corrected chi connectivity index (χ1v) is 6.24. The van der Waals surface area contributed by atoms with Gasteiger partial charge in [0, 0.05) is 5.56 Å². The number of benzene rings is 1. The second kappa shape index (κ2) is 7.32. The van der Waals surface area contributed by atoms with Crippen LogP contribution in [-0.2, 0) is 9.53 Å². The number of aromatic hydroxyl groups is 1. The van der Waals surface area contributed by atoms with Gasteiger partial charge in [-0.15, -0.1) is 13.2 Å². The molecule has 2 atom stereocenters. The molecule has 0 amide bonds. The molecular weight excluding hydrogens is 309 g/mol. The summed E-state index contributed by atoms with van der Waals surface area (Å²) in [6, 6.07) is 2.52. The van der Waals surface area contributed by atoms with E-state index in [9.17, 15) is 33.3 Å². The maximum Gasteiger partial charge on any atom is 0.573 e. The number of rotatable bonds is 6. The van der Waals surface area contributed by atoms with Gasteiger partial charge >= 0.3 is 12.3 Å².